The fourth-order valence-electron chi connectivity index (χ4n) is 2.22. The van der Waals surface area contributed by atoms with Gasteiger partial charge in [0.1, 0.15) is 0 Å². The predicted molar refractivity (Wildman–Crippen MR) is 61.7 cm³/mol. The van der Waals surface area contributed by atoms with E-state index in [2.05, 4.69) is 35.3 Å². The second-order valence-electron chi connectivity index (χ2n) is 4.06. The maximum Gasteiger partial charge on any atom is 0.0704 e. The lowest BCUT2D eigenvalue weighted by Crippen LogP contribution is -1.88. The van der Waals surface area contributed by atoms with Gasteiger partial charge in [0.2, 0.25) is 0 Å². The van der Waals surface area contributed by atoms with E-state index in [1.54, 1.807) is 0 Å². The molecule has 0 N–H and O–H groups in total. The lowest BCUT2D eigenvalue weighted by atomic mass is 10.1. The zero-order valence-corrected chi connectivity index (χ0v) is 8.61. The number of benzene rings is 1. The summed E-state index contributed by atoms with van der Waals surface area (Å²) in [6, 6.07) is 12.6. The van der Waals surface area contributed by atoms with Gasteiger partial charge in [0.25, 0.3) is 0 Å². The molecule has 1 aromatic carbocycles. The summed E-state index contributed by atoms with van der Waals surface area (Å²) >= 11 is 0. The third-order valence-corrected chi connectivity index (χ3v) is 3.04. The molecule has 1 aliphatic rings. The number of hydrogen-bond acceptors (Lipinski definition) is 1. The summed E-state index contributed by atoms with van der Waals surface area (Å²) in [5.41, 5.74) is 5.25. The van der Waals surface area contributed by atoms with Crippen molar-refractivity contribution < 1.29 is 0 Å². The molecule has 1 heteroatoms. The maximum absolute atomic E-state index is 4.52. The molecule has 0 saturated heterocycles. The fourth-order valence-corrected chi connectivity index (χ4v) is 2.22. The molecule has 2 aromatic rings. The van der Waals surface area contributed by atoms with Crippen molar-refractivity contribution in [2.24, 2.45) is 0 Å². The van der Waals surface area contributed by atoms with Crippen molar-refractivity contribution in [2.45, 2.75) is 19.3 Å². The molecular formula is C14H13N. The van der Waals surface area contributed by atoms with Crippen LogP contribution in [0.4, 0.5) is 0 Å². The normalized spacial score (nSPS) is 13.9. The van der Waals surface area contributed by atoms with Crippen molar-refractivity contribution in [2.75, 3.05) is 0 Å². The van der Waals surface area contributed by atoms with E-state index in [1.807, 2.05) is 12.3 Å². The summed E-state index contributed by atoms with van der Waals surface area (Å²) in [6.45, 7) is 0. The Kier molecular flexibility index (Phi) is 2.02. The van der Waals surface area contributed by atoms with Crippen molar-refractivity contribution in [1.29, 1.82) is 0 Å². The average Bonchev–Trinajstić information content (AvgIpc) is 2.77. The van der Waals surface area contributed by atoms with E-state index >= 15 is 0 Å². The van der Waals surface area contributed by atoms with Crippen LogP contribution in [0.2, 0.25) is 0 Å². The van der Waals surface area contributed by atoms with Crippen LogP contribution in [0, 0.1) is 0 Å². The van der Waals surface area contributed by atoms with Crippen LogP contribution in [0.15, 0.2) is 42.6 Å². The van der Waals surface area contributed by atoms with Gasteiger partial charge in [0.15, 0.2) is 0 Å². The molecule has 0 fully saturated rings. The van der Waals surface area contributed by atoms with Gasteiger partial charge in [-0.05, 0) is 36.5 Å². The molecule has 15 heavy (non-hydrogen) atoms. The second kappa shape index (κ2) is 3.50. The van der Waals surface area contributed by atoms with Crippen LogP contribution in [0.25, 0.3) is 11.3 Å². The molecule has 74 valence electrons. The minimum Gasteiger partial charge on any atom is -0.256 e. The van der Waals surface area contributed by atoms with Gasteiger partial charge in [-0.3, -0.25) is 4.98 Å². The standard InChI is InChI=1S/C14H13N/c1-2-5-11(6-3-1)14-9-12-7-4-8-13(12)10-15-14/h1-3,5-6,9-10H,4,7-8H2. The third-order valence-electron chi connectivity index (χ3n) is 3.04. The van der Waals surface area contributed by atoms with Crippen molar-refractivity contribution in [3.63, 3.8) is 0 Å². The lowest BCUT2D eigenvalue weighted by Gasteiger charge is -2.03. The van der Waals surface area contributed by atoms with E-state index in [9.17, 15) is 0 Å². The molecule has 1 aliphatic carbocycles. The van der Waals surface area contributed by atoms with Crippen LogP contribution in [-0.4, -0.2) is 4.98 Å². The Morgan fingerprint density at radius 1 is 0.933 bits per heavy atom. The van der Waals surface area contributed by atoms with E-state index in [4.69, 9.17) is 0 Å². The minimum atomic E-state index is 1.11. The Hall–Kier alpha value is -1.63. The SMILES string of the molecule is c1ccc(-c2cc3c(cn2)CCC3)cc1. The molecule has 0 atom stereocenters. The van der Waals surface area contributed by atoms with Crippen LogP contribution in [0.3, 0.4) is 0 Å². The summed E-state index contributed by atoms with van der Waals surface area (Å²) in [5.74, 6) is 0. The summed E-state index contributed by atoms with van der Waals surface area (Å²) in [4.78, 5) is 4.52. The first-order valence-electron chi connectivity index (χ1n) is 5.47. The van der Waals surface area contributed by atoms with Gasteiger partial charge < -0.3 is 0 Å². The third kappa shape index (κ3) is 1.54. The highest BCUT2D eigenvalue weighted by atomic mass is 14.7. The molecule has 0 unspecified atom stereocenters. The Morgan fingerprint density at radius 3 is 2.60 bits per heavy atom. The molecule has 1 heterocycles. The zero-order valence-electron chi connectivity index (χ0n) is 8.61. The largest absolute Gasteiger partial charge is 0.256 e. The Labute approximate surface area is 89.8 Å². The van der Waals surface area contributed by atoms with Crippen molar-refractivity contribution in [3.05, 3.63) is 53.7 Å². The topological polar surface area (TPSA) is 12.9 Å². The van der Waals surface area contributed by atoms with Crippen molar-refractivity contribution in [1.82, 2.24) is 4.98 Å². The van der Waals surface area contributed by atoms with Gasteiger partial charge in [-0.2, -0.15) is 0 Å². The number of pyridine rings is 1. The van der Waals surface area contributed by atoms with Crippen molar-refractivity contribution >= 4 is 0 Å². The number of nitrogens with zero attached hydrogens (tertiary/aromatic N) is 1. The zero-order chi connectivity index (χ0) is 10.1. The van der Waals surface area contributed by atoms with E-state index in [0.717, 1.165) is 5.69 Å². The van der Waals surface area contributed by atoms with E-state index in [-0.39, 0.29) is 0 Å². The molecule has 1 aromatic heterocycles. The fraction of sp³-hybridized carbons (Fsp3) is 0.214. The molecule has 0 bridgehead atoms. The highest BCUT2D eigenvalue weighted by molar-refractivity contribution is 5.60. The van der Waals surface area contributed by atoms with Crippen LogP contribution in [0.5, 0.6) is 0 Å². The number of aryl methyl sites for hydroxylation is 2. The van der Waals surface area contributed by atoms with Crippen LogP contribution in [0.1, 0.15) is 17.5 Å². The molecule has 1 nitrogen and oxygen atoms in total. The first kappa shape index (κ1) is 8.66. The summed E-state index contributed by atoms with van der Waals surface area (Å²) in [5, 5.41) is 0. The highest BCUT2D eigenvalue weighted by Crippen LogP contribution is 2.25. The molecular weight excluding hydrogens is 182 g/mol. The van der Waals surface area contributed by atoms with E-state index < -0.39 is 0 Å². The molecule has 0 aliphatic heterocycles. The van der Waals surface area contributed by atoms with Gasteiger partial charge in [-0.15, -0.1) is 0 Å². The van der Waals surface area contributed by atoms with Crippen LogP contribution in [-0.2, 0) is 12.8 Å². The Morgan fingerprint density at radius 2 is 1.73 bits per heavy atom. The number of rotatable bonds is 1. The number of aromatic nitrogens is 1. The molecule has 0 amide bonds. The van der Waals surface area contributed by atoms with Gasteiger partial charge in [-0.1, -0.05) is 30.3 Å². The Bertz CT molecular complexity index is 474. The van der Waals surface area contributed by atoms with Gasteiger partial charge in [0.05, 0.1) is 5.69 Å². The quantitative estimate of drug-likeness (QED) is 0.680. The Balaban J connectivity index is 2.07. The summed E-state index contributed by atoms with van der Waals surface area (Å²) in [6.07, 6.45) is 5.76. The van der Waals surface area contributed by atoms with E-state index in [0.29, 0.717) is 0 Å². The summed E-state index contributed by atoms with van der Waals surface area (Å²) in [7, 11) is 0. The molecule has 0 saturated carbocycles. The molecule has 0 radical (unpaired) electrons. The first-order chi connectivity index (χ1) is 7.43. The average molecular weight is 195 g/mol. The van der Waals surface area contributed by atoms with Gasteiger partial charge in [-0.25, -0.2) is 0 Å². The van der Waals surface area contributed by atoms with E-state index in [1.165, 1.54) is 36.0 Å². The molecule has 3 rings (SSSR count). The monoisotopic (exact) mass is 195 g/mol. The minimum absolute atomic E-state index is 1.11. The smallest absolute Gasteiger partial charge is 0.0704 e. The maximum atomic E-state index is 4.52. The number of hydrogen-bond donors (Lipinski definition) is 0. The van der Waals surface area contributed by atoms with Gasteiger partial charge in [0, 0.05) is 11.8 Å². The van der Waals surface area contributed by atoms with Crippen LogP contribution < -0.4 is 0 Å². The number of fused-ring (bicyclic) bond motifs is 1. The van der Waals surface area contributed by atoms with Crippen LogP contribution >= 0.6 is 0 Å². The highest BCUT2D eigenvalue weighted by Gasteiger charge is 2.11. The lowest BCUT2D eigenvalue weighted by molar-refractivity contribution is 0.911. The predicted octanol–water partition coefficient (Wildman–Crippen LogP) is 3.24. The first-order valence-corrected chi connectivity index (χ1v) is 5.47. The van der Waals surface area contributed by atoms with Gasteiger partial charge >= 0.3 is 0 Å². The summed E-state index contributed by atoms with van der Waals surface area (Å²) < 4.78 is 0. The second-order valence-corrected chi connectivity index (χ2v) is 4.06. The molecule has 0 spiro atoms. The van der Waals surface area contributed by atoms with Crippen molar-refractivity contribution in [3.8, 4) is 11.3 Å².